The smallest absolute Gasteiger partial charge is 0.0595 e. The highest BCUT2D eigenvalue weighted by Crippen LogP contribution is 2.61. The summed E-state index contributed by atoms with van der Waals surface area (Å²) in [5.74, 6) is 3.23. The van der Waals surface area contributed by atoms with Gasteiger partial charge in [-0.05, 0) is 80.5 Å². The molecule has 0 N–H and O–H groups in total. The highest BCUT2D eigenvalue weighted by Gasteiger charge is 2.50. The maximum Gasteiger partial charge on any atom is 0.0595 e. The van der Waals surface area contributed by atoms with Crippen molar-refractivity contribution >= 4 is 0 Å². The van der Waals surface area contributed by atoms with Gasteiger partial charge in [0.2, 0.25) is 0 Å². The topological polar surface area (TPSA) is 9.23 Å². The molecule has 0 amide bonds. The second-order valence-electron chi connectivity index (χ2n) is 9.05. The van der Waals surface area contributed by atoms with Crippen molar-refractivity contribution < 1.29 is 4.74 Å². The Bertz CT molecular complexity index is 290. The summed E-state index contributed by atoms with van der Waals surface area (Å²) in [6, 6.07) is 0. The third-order valence-corrected chi connectivity index (χ3v) is 6.38. The van der Waals surface area contributed by atoms with Crippen molar-refractivity contribution in [2.45, 2.75) is 78.7 Å². The van der Waals surface area contributed by atoms with Gasteiger partial charge in [0.05, 0.1) is 6.10 Å². The first-order valence-corrected chi connectivity index (χ1v) is 8.48. The van der Waals surface area contributed by atoms with Gasteiger partial charge in [-0.2, -0.15) is 0 Å². The molecular weight excluding hydrogens is 232 g/mol. The summed E-state index contributed by atoms with van der Waals surface area (Å²) in [5, 5.41) is 0. The van der Waals surface area contributed by atoms with E-state index < -0.39 is 0 Å². The number of hydrogen-bond acceptors (Lipinski definition) is 1. The van der Waals surface area contributed by atoms with E-state index in [0.717, 1.165) is 24.4 Å². The Morgan fingerprint density at radius 1 is 1.00 bits per heavy atom. The lowest BCUT2D eigenvalue weighted by Gasteiger charge is -2.57. The molecule has 0 aliphatic heterocycles. The summed E-state index contributed by atoms with van der Waals surface area (Å²) in [5.41, 5.74) is 0.966. The molecule has 0 spiro atoms. The van der Waals surface area contributed by atoms with E-state index in [4.69, 9.17) is 4.74 Å². The summed E-state index contributed by atoms with van der Waals surface area (Å²) in [6.45, 7) is 10.1. The highest BCUT2D eigenvalue weighted by molar-refractivity contribution is 5.01. The Morgan fingerprint density at radius 3 is 1.89 bits per heavy atom. The van der Waals surface area contributed by atoms with Gasteiger partial charge in [0.25, 0.3) is 0 Å². The van der Waals surface area contributed by atoms with Crippen LogP contribution in [0.2, 0.25) is 0 Å². The van der Waals surface area contributed by atoms with Crippen LogP contribution in [0, 0.1) is 28.6 Å². The fourth-order valence-corrected chi connectivity index (χ4v) is 5.30. The van der Waals surface area contributed by atoms with Crippen LogP contribution >= 0.6 is 0 Å². The molecule has 1 atom stereocenters. The van der Waals surface area contributed by atoms with Gasteiger partial charge >= 0.3 is 0 Å². The first-order chi connectivity index (χ1) is 8.86. The lowest BCUT2D eigenvalue weighted by atomic mass is 9.49. The molecule has 4 bridgehead atoms. The minimum absolute atomic E-state index is 0.279. The molecule has 4 rings (SSSR count). The fraction of sp³-hybridized carbons (Fsp3) is 1.00. The van der Waals surface area contributed by atoms with Gasteiger partial charge in [-0.1, -0.05) is 20.8 Å². The second-order valence-corrected chi connectivity index (χ2v) is 9.05. The van der Waals surface area contributed by atoms with E-state index in [0.29, 0.717) is 11.5 Å². The summed E-state index contributed by atoms with van der Waals surface area (Å²) < 4.78 is 6.15. The van der Waals surface area contributed by atoms with Crippen molar-refractivity contribution in [3.8, 4) is 0 Å². The van der Waals surface area contributed by atoms with Crippen LogP contribution in [-0.4, -0.2) is 12.7 Å². The molecule has 0 aromatic heterocycles. The van der Waals surface area contributed by atoms with Crippen molar-refractivity contribution in [1.82, 2.24) is 0 Å². The number of rotatable bonds is 4. The maximum atomic E-state index is 6.15. The zero-order valence-electron chi connectivity index (χ0n) is 13.4. The average molecular weight is 264 g/mol. The molecule has 0 radical (unpaired) electrons. The standard InChI is InChI=1S/C18H32O/c1-13(17(2,3)4)19-6-5-18-10-14-7-15(11-18)9-16(8-14)12-18/h13-16H,5-12H2,1-4H3. The van der Waals surface area contributed by atoms with Gasteiger partial charge in [-0.25, -0.2) is 0 Å². The molecule has 0 heterocycles. The number of ether oxygens (including phenoxy) is 1. The second kappa shape index (κ2) is 4.76. The molecule has 4 fully saturated rings. The van der Waals surface area contributed by atoms with Gasteiger partial charge in [-0.3, -0.25) is 0 Å². The quantitative estimate of drug-likeness (QED) is 0.691. The van der Waals surface area contributed by atoms with Crippen LogP contribution < -0.4 is 0 Å². The Balaban J connectivity index is 1.53. The molecule has 0 aromatic carbocycles. The predicted octanol–water partition coefficient (Wildman–Crippen LogP) is 5.04. The average Bonchev–Trinajstić information content (AvgIpc) is 2.25. The Morgan fingerprint density at radius 2 is 1.47 bits per heavy atom. The number of hydrogen-bond donors (Lipinski definition) is 0. The maximum absolute atomic E-state index is 6.15. The summed E-state index contributed by atoms with van der Waals surface area (Å²) in [6.07, 6.45) is 10.9. The molecule has 4 aliphatic carbocycles. The Kier molecular flexibility index (Phi) is 3.48. The minimum Gasteiger partial charge on any atom is -0.378 e. The monoisotopic (exact) mass is 264 g/mol. The third-order valence-electron chi connectivity index (χ3n) is 6.38. The van der Waals surface area contributed by atoms with Gasteiger partial charge in [-0.15, -0.1) is 0 Å². The Labute approximate surface area is 119 Å². The molecule has 4 aliphatic rings. The molecule has 0 saturated heterocycles. The first kappa shape index (κ1) is 13.9. The lowest BCUT2D eigenvalue weighted by Crippen LogP contribution is -2.46. The van der Waals surface area contributed by atoms with Gasteiger partial charge < -0.3 is 4.74 Å². The summed E-state index contributed by atoms with van der Waals surface area (Å²) in [4.78, 5) is 0. The van der Waals surface area contributed by atoms with Crippen LogP contribution in [0.15, 0.2) is 0 Å². The Hall–Kier alpha value is -0.0400. The molecule has 19 heavy (non-hydrogen) atoms. The first-order valence-electron chi connectivity index (χ1n) is 8.48. The molecule has 4 saturated carbocycles. The summed E-state index contributed by atoms with van der Waals surface area (Å²) in [7, 11) is 0. The van der Waals surface area contributed by atoms with Crippen LogP contribution in [0.3, 0.4) is 0 Å². The zero-order valence-corrected chi connectivity index (χ0v) is 13.4. The van der Waals surface area contributed by atoms with Crippen LogP contribution in [0.25, 0.3) is 0 Å². The van der Waals surface area contributed by atoms with E-state index in [-0.39, 0.29) is 5.41 Å². The van der Waals surface area contributed by atoms with Crippen LogP contribution in [0.5, 0.6) is 0 Å². The predicted molar refractivity (Wildman–Crippen MR) is 80.1 cm³/mol. The highest BCUT2D eigenvalue weighted by atomic mass is 16.5. The lowest BCUT2D eigenvalue weighted by molar-refractivity contribution is -0.0830. The van der Waals surface area contributed by atoms with E-state index in [1.165, 1.54) is 25.7 Å². The van der Waals surface area contributed by atoms with Crippen LogP contribution in [-0.2, 0) is 4.74 Å². The van der Waals surface area contributed by atoms with Crippen LogP contribution in [0.4, 0.5) is 0 Å². The van der Waals surface area contributed by atoms with Gasteiger partial charge in [0, 0.05) is 6.61 Å². The SMILES string of the molecule is CC(OCCC12CC3CC(CC(C3)C1)C2)C(C)(C)C. The van der Waals surface area contributed by atoms with Gasteiger partial charge in [0.1, 0.15) is 0 Å². The molecular formula is C18H32O. The molecule has 0 aromatic rings. The van der Waals surface area contributed by atoms with E-state index in [9.17, 15) is 0 Å². The largest absolute Gasteiger partial charge is 0.378 e. The summed E-state index contributed by atoms with van der Waals surface area (Å²) >= 11 is 0. The van der Waals surface area contributed by atoms with Gasteiger partial charge in [0.15, 0.2) is 0 Å². The molecule has 1 heteroatoms. The normalized spacial score (nSPS) is 42.6. The molecule has 1 unspecified atom stereocenters. The van der Waals surface area contributed by atoms with Crippen molar-refractivity contribution in [2.24, 2.45) is 28.6 Å². The van der Waals surface area contributed by atoms with Crippen molar-refractivity contribution in [2.75, 3.05) is 6.61 Å². The third kappa shape index (κ3) is 2.86. The molecule has 110 valence electrons. The fourth-order valence-electron chi connectivity index (χ4n) is 5.30. The minimum atomic E-state index is 0.279. The zero-order chi connectivity index (χ0) is 13.7. The van der Waals surface area contributed by atoms with E-state index in [2.05, 4.69) is 27.7 Å². The van der Waals surface area contributed by atoms with E-state index in [1.807, 2.05) is 0 Å². The van der Waals surface area contributed by atoms with E-state index >= 15 is 0 Å². The molecule has 1 nitrogen and oxygen atoms in total. The van der Waals surface area contributed by atoms with Crippen molar-refractivity contribution in [3.05, 3.63) is 0 Å². The van der Waals surface area contributed by atoms with Crippen LogP contribution in [0.1, 0.15) is 72.6 Å². The van der Waals surface area contributed by atoms with Crippen molar-refractivity contribution in [1.29, 1.82) is 0 Å². The van der Waals surface area contributed by atoms with Crippen molar-refractivity contribution in [3.63, 3.8) is 0 Å². The van der Waals surface area contributed by atoms with E-state index in [1.54, 1.807) is 19.3 Å².